The minimum absolute atomic E-state index is 0.0649. The van der Waals surface area contributed by atoms with Crippen molar-refractivity contribution in [3.63, 3.8) is 0 Å². The monoisotopic (exact) mass is 438 g/mol. The predicted octanol–water partition coefficient (Wildman–Crippen LogP) is 3.32. The Morgan fingerprint density at radius 2 is 1.67 bits per heavy atom. The molecule has 0 bridgehead atoms. The Hall–Kier alpha value is -2.55. The van der Waals surface area contributed by atoms with Crippen molar-refractivity contribution in [3.8, 4) is 0 Å². The van der Waals surface area contributed by atoms with Gasteiger partial charge in [0.25, 0.3) is 0 Å². The Bertz CT molecular complexity index is 1060. The number of amides is 1. The second kappa shape index (κ2) is 7.61. The zero-order valence-corrected chi connectivity index (χ0v) is 16.9. The Kier molecular flexibility index (Phi) is 5.25. The van der Waals surface area contributed by atoms with Crippen molar-refractivity contribution >= 4 is 21.4 Å². The van der Waals surface area contributed by atoms with Crippen LogP contribution in [0.3, 0.4) is 0 Å². The van der Waals surface area contributed by atoms with Crippen molar-refractivity contribution in [2.75, 3.05) is 36.8 Å². The Balaban J connectivity index is 1.47. The van der Waals surface area contributed by atoms with Gasteiger partial charge in [0, 0.05) is 31.9 Å². The first kappa shape index (κ1) is 20.7. The minimum atomic E-state index is -4.40. The second-order valence-corrected chi connectivity index (χ2v) is 9.64. The van der Waals surface area contributed by atoms with Gasteiger partial charge >= 0.3 is 6.18 Å². The van der Waals surface area contributed by atoms with E-state index >= 15 is 0 Å². The number of rotatable bonds is 2. The molecule has 1 amide bonds. The van der Waals surface area contributed by atoms with E-state index in [1.807, 2.05) is 4.90 Å². The second-order valence-electron chi connectivity index (χ2n) is 7.56. The topological polar surface area (TPSA) is 57.7 Å². The molecular weight excluding hydrogens is 417 g/mol. The maximum absolute atomic E-state index is 13.1. The Labute approximate surface area is 173 Å². The third kappa shape index (κ3) is 3.90. The minimum Gasteiger partial charge on any atom is -0.368 e. The van der Waals surface area contributed by atoms with Gasteiger partial charge in [0.1, 0.15) is 0 Å². The number of piperazine rings is 1. The summed E-state index contributed by atoms with van der Waals surface area (Å²) in [5.74, 6) is -0.698. The van der Waals surface area contributed by atoms with E-state index in [2.05, 4.69) is 0 Å². The maximum Gasteiger partial charge on any atom is 0.416 e. The molecule has 0 spiro atoms. The molecule has 0 radical (unpaired) electrons. The van der Waals surface area contributed by atoms with Crippen molar-refractivity contribution < 1.29 is 26.4 Å². The molecule has 30 heavy (non-hydrogen) atoms. The van der Waals surface area contributed by atoms with Crippen LogP contribution in [-0.2, 0) is 20.8 Å². The molecule has 4 rings (SSSR count). The quantitative estimate of drug-likeness (QED) is 0.722. The standard InChI is InChI=1S/C21H21F3N2O3S/c22-21(23,24)15-4-3-5-16(14-15)25-9-11-26(12-10-25)20(27)18-8-13-30(28,29)19-7-2-1-6-17(18)19/h1-7,14,18H,8-13H2. The van der Waals surface area contributed by atoms with Crippen molar-refractivity contribution in [2.24, 2.45) is 0 Å². The van der Waals surface area contributed by atoms with Crippen LogP contribution in [-0.4, -0.2) is 51.2 Å². The van der Waals surface area contributed by atoms with Crippen molar-refractivity contribution in [2.45, 2.75) is 23.4 Å². The smallest absolute Gasteiger partial charge is 0.368 e. The van der Waals surface area contributed by atoms with Crippen molar-refractivity contribution in [3.05, 3.63) is 59.7 Å². The number of hydrogen-bond donors (Lipinski definition) is 0. The van der Waals surface area contributed by atoms with Gasteiger partial charge < -0.3 is 9.80 Å². The first-order chi connectivity index (χ1) is 14.2. The number of anilines is 1. The molecule has 0 saturated carbocycles. The molecular formula is C21H21F3N2O3S. The summed E-state index contributed by atoms with van der Waals surface area (Å²) in [4.78, 5) is 16.9. The van der Waals surface area contributed by atoms with Gasteiger partial charge in [0.05, 0.1) is 22.1 Å². The van der Waals surface area contributed by atoms with E-state index in [9.17, 15) is 26.4 Å². The molecule has 2 aromatic rings. The van der Waals surface area contributed by atoms with Gasteiger partial charge in [0.15, 0.2) is 9.84 Å². The van der Waals surface area contributed by atoms with Gasteiger partial charge in [-0.1, -0.05) is 24.3 Å². The lowest BCUT2D eigenvalue weighted by Gasteiger charge is -2.38. The lowest BCUT2D eigenvalue weighted by atomic mass is 9.94. The van der Waals surface area contributed by atoms with Gasteiger partial charge in [-0.2, -0.15) is 13.2 Å². The Morgan fingerprint density at radius 1 is 0.967 bits per heavy atom. The average Bonchev–Trinajstić information content (AvgIpc) is 2.73. The van der Waals surface area contributed by atoms with E-state index in [1.165, 1.54) is 12.1 Å². The van der Waals surface area contributed by atoms with Gasteiger partial charge in [-0.05, 0) is 36.2 Å². The fourth-order valence-corrected chi connectivity index (χ4v) is 5.75. The zero-order valence-electron chi connectivity index (χ0n) is 16.1. The molecule has 9 heteroatoms. The van der Waals surface area contributed by atoms with Gasteiger partial charge in [-0.3, -0.25) is 4.79 Å². The number of nitrogens with zero attached hydrogens (tertiary/aromatic N) is 2. The molecule has 1 atom stereocenters. The molecule has 160 valence electrons. The van der Waals surface area contributed by atoms with Crippen LogP contribution < -0.4 is 4.90 Å². The summed E-state index contributed by atoms with van der Waals surface area (Å²) in [6.45, 7) is 1.58. The van der Waals surface area contributed by atoms with E-state index in [0.717, 1.165) is 12.1 Å². The number of carbonyl (C=O) groups excluding carboxylic acids is 1. The van der Waals surface area contributed by atoms with E-state index in [0.29, 0.717) is 37.4 Å². The number of alkyl halides is 3. The molecule has 0 N–H and O–H groups in total. The van der Waals surface area contributed by atoms with E-state index in [-0.39, 0.29) is 23.0 Å². The highest BCUT2D eigenvalue weighted by Crippen LogP contribution is 2.35. The molecule has 2 aliphatic rings. The number of carbonyl (C=O) groups is 1. The number of fused-ring (bicyclic) bond motifs is 1. The molecule has 1 fully saturated rings. The summed E-state index contributed by atoms with van der Waals surface area (Å²) in [5.41, 5.74) is 0.318. The third-order valence-corrected chi connectivity index (χ3v) is 7.55. The van der Waals surface area contributed by atoms with Gasteiger partial charge in [-0.25, -0.2) is 8.42 Å². The van der Waals surface area contributed by atoms with Crippen LogP contribution in [0.1, 0.15) is 23.5 Å². The highest BCUT2D eigenvalue weighted by atomic mass is 32.2. The highest BCUT2D eigenvalue weighted by Gasteiger charge is 2.37. The molecule has 1 unspecified atom stereocenters. The van der Waals surface area contributed by atoms with E-state index < -0.39 is 27.5 Å². The summed E-state index contributed by atoms with van der Waals surface area (Å²) in [6.07, 6.45) is -4.16. The number of halogens is 3. The molecule has 2 heterocycles. The zero-order chi connectivity index (χ0) is 21.5. The number of benzene rings is 2. The van der Waals surface area contributed by atoms with Crippen LogP contribution in [0.4, 0.5) is 18.9 Å². The molecule has 2 aromatic carbocycles. The summed E-state index contributed by atoms with van der Waals surface area (Å²) in [6, 6.07) is 11.8. The molecule has 2 aliphatic heterocycles. The van der Waals surface area contributed by atoms with Crippen LogP contribution in [0.15, 0.2) is 53.4 Å². The highest BCUT2D eigenvalue weighted by molar-refractivity contribution is 7.91. The van der Waals surface area contributed by atoms with Gasteiger partial charge in [0.2, 0.25) is 5.91 Å². The largest absolute Gasteiger partial charge is 0.416 e. The summed E-state index contributed by atoms with van der Waals surface area (Å²) in [5, 5.41) is 0. The molecule has 1 saturated heterocycles. The first-order valence-corrected chi connectivity index (χ1v) is 11.3. The normalized spacial score (nSPS) is 21.2. The fraction of sp³-hybridized carbons (Fsp3) is 0.381. The van der Waals surface area contributed by atoms with Crippen molar-refractivity contribution in [1.82, 2.24) is 4.90 Å². The summed E-state index contributed by atoms with van der Waals surface area (Å²) >= 11 is 0. The lowest BCUT2D eigenvalue weighted by Crippen LogP contribution is -2.50. The van der Waals surface area contributed by atoms with Crippen molar-refractivity contribution in [1.29, 1.82) is 0 Å². The van der Waals surface area contributed by atoms with Crippen LogP contribution in [0.5, 0.6) is 0 Å². The Morgan fingerprint density at radius 3 is 2.37 bits per heavy atom. The number of hydrogen-bond acceptors (Lipinski definition) is 4. The molecule has 5 nitrogen and oxygen atoms in total. The number of sulfone groups is 1. The van der Waals surface area contributed by atoms with Gasteiger partial charge in [-0.15, -0.1) is 0 Å². The van der Waals surface area contributed by atoms with Crippen LogP contribution in [0.25, 0.3) is 0 Å². The maximum atomic E-state index is 13.1. The third-order valence-electron chi connectivity index (χ3n) is 5.73. The van der Waals surface area contributed by atoms with Crippen LogP contribution in [0.2, 0.25) is 0 Å². The van der Waals surface area contributed by atoms with Crippen LogP contribution in [0, 0.1) is 0 Å². The van der Waals surface area contributed by atoms with E-state index in [1.54, 1.807) is 29.2 Å². The molecule has 0 aromatic heterocycles. The lowest BCUT2D eigenvalue weighted by molar-refractivity contribution is -0.137. The fourth-order valence-electron chi connectivity index (χ4n) is 4.13. The average molecular weight is 438 g/mol. The SMILES string of the molecule is O=C(C1CCS(=O)(=O)c2ccccc21)N1CCN(c2cccc(C(F)(F)F)c2)CC1. The summed E-state index contributed by atoms with van der Waals surface area (Å²) < 4.78 is 63.5. The summed E-state index contributed by atoms with van der Waals surface area (Å²) in [7, 11) is -3.37. The first-order valence-electron chi connectivity index (χ1n) is 9.69. The van der Waals surface area contributed by atoms with Crippen LogP contribution >= 0.6 is 0 Å². The molecule has 0 aliphatic carbocycles. The van der Waals surface area contributed by atoms with E-state index in [4.69, 9.17) is 0 Å². The predicted molar refractivity (Wildman–Crippen MR) is 106 cm³/mol.